The molecule has 2 aromatic carbocycles. The minimum absolute atomic E-state index is 0.0392. The quantitative estimate of drug-likeness (QED) is 0.491. The molecule has 148 valence electrons. The van der Waals surface area contributed by atoms with Crippen molar-refractivity contribution >= 4 is 40.7 Å². The van der Waals surface area contributed by atoms with Gasteiger partial charge in [0.25, 0.3) is 11.8 Å². The minimum Gasteiger partial charge on any atom is -0.494 e. The van der Waals surface area contributed by atoms with E-state index in [4.69, 9.17) is 28.6 Å². The lowest BCUT2D eigenvalue weighted by molar-refractivity contribution is 0.0934. The maximum absolute atomic E-state index is 12.2. The Balaban J connectivity index is 1.81. The summed E-state index contributed by atoms with van der Waals surface area (Å²) in [4.78, 5) is 24.3. The highest BCUT2D eigenvalue weighted by Crippen LogP contribution is 2.14. The van der Waals surface area contributed by atoms with E-state index in [1.54, 1.807) is 48.5 Å². The molecule has 0 radical (unpaired) electrons. The van der Waals surface area contributed by atoms with Crippen molar-refractivity contribution in [3.63, 3.8) is 0 Å². The molecule has 0 bridgehead atoms. The molecule has 0 heterocycles. The van der Waals surface area contributed by atoms with E-state index in [1.807, 2.05) is 0 Å². The van der Waals surface area contributed by atoms with Gasteiger partial charge in [0.15, 0.2) is 5.11 Å². The van der Waals surface area contributed by atoms with Crippen LogP contribution in [-0.2, 0) is 0 Å². The van der Waals surface area contributed by atoms with Gasteiger partial charge in [0, 0.05) is 5.56 Å². The third-order valence-corrected chi connectivity index (χ3v) is 4.25. The smallest absolute Gasteiger partial charge is 0.271 e. The Morgan fingerprint density at radius 3 is 2.36 bits per heavy atom. The summed E-state index contributed by atoms with van der Waals surface area (Å²) in [6.45, 7) is 4.89. The number of ether oxygens (including phenoxy) is 1. The molecule has 2 amide bonds. The summed E-state index contributed by atoms with van der Waals surface area (Å²) in [6, 6.07) is 13.3. The summed E-state index contributed by atoms with van der Waals surface area (Å²) >= 11 is 11.0. The lowest BCUT2D eigenvalue weighted by Crippen LogP contribution is -2.48. The van der Waals surface area contributed by atoms with Crippen molar-refractivity contribution in [3.05, 3.63) is 64.7 Å². The third-order valence-electron chi connectivity index (χ3n) is 3.72. The van der Waals surface area contributed by atoms with Gasteiger partial charge in [-0.15, -0.1) is 0 Å². The number of thiocarbonyl (C=S) groups is 1. The summed E-state index contributed by atoms with van der Waals surface area (Å²) in [7, 11) is 0. The number of nitrogens with one attached hydrogen (secondary N) is 3. The van der Waals surface area contributed by atoms with Crippen molar-refractivity contribution in [3.8, 4) is 5.75 Å². The number of carbonyl (C=O) groups is 2. The van der Waals surface area contributed by atoms with Crippen molar-refractivity contribution in [1.29, 1.82) is 0 Å². The Kier molecular flexibility index (Phi) is 8.22. The van der Waals surface area contributed by atoms with Gasteiger partial charge in [-0.05, 0) is 61.0 Å². The summed E-state index contributed by atoms with van der Waals surface area (Å²) < 4.78 is 5.62. The fourth-order valence-corrected chi connectivity index (χ4v) is 2.51. The van der Waals surface area contributed by atoms with Gasteiger partial charge in [-0.1, -0.05) is 37.6 Å². The van der Waals surface area contributed by atoms with Crippen molar-refractivity contribution in [2.24, 2.45) is 5.92 Å². The number of hydrogen-bond donors (Lipinski definition) is 3. The van der Waals surface area contributed by atoms with E-state index in [0.717, 1.165) is 6.42 Å². The van der Waals surface area contributed by atoms with Gasteiger partial charge in [-0.3, -0.25) is 25.8 Å². The summed E-state index contributed by atoms with van der Waals surface area (Å²) in [5, 5.41) is 2.76. The molecule has 0 aliphatic carbocycles. The highest BCUT2D eigenvalue weighted by molar-refractivity contribution is 7.80. The molecule has 28 heavy (non-hydrogen) atoms. The Morgan fingerprint density at radius 1 is 1.04 bits per heavy atom. The molecule has 2 aromatic rings. The zero-order valence-electron chi connectivity index (χ0n) is 15.6. The van der Waals surface area contributed by atoms with Gasteiger partial charge in [-0.2, -0.15) is 0 Å². The van der Waals surface area contributed by atoms with Crippen molar-refractivity contribution in [1.82, 2.24) is 16.2 Å². The largest absolute Gasteiger partial charge is 0.494 e. The number of carbonyl (C=O) groups excluding carboxylic acids is 2. The molecule has 0 unspecified atom stereocenters. The van der Waals surface area contributed by atoms with Gasteiger partial charge in [0.05, 0.1) is 17.2 Å². The molecular weight excluding hydrogens is 398 g/mol. The van der Waals surface area contributed by atoms with E-state index in [9.17, 15) is 9.59 Å². The van der Waals surface area contributed by atoms with E-state index in [2.05, 4.69) is 30.0 Å². The van der Waals surface area contributed by atoms with Crippen LogP contribution in [0.5, 0.6) is 5.75 Å². The molecule has 0 saturated carbocycles. The molecule has 0 spiro atoms. The number of benzene rings is 2. The molecule has 6 nitrogen and oxygen atoms in total. The monoisotopic (exact) mass is 419 g/mol. The fourth-order valence-electron chi connectivity index (χ4n) is 2.15. The molecule has 8 heteroatoms. The molecular formula is C20H22ClN3O3S. The Morgan fingerprint density at radius 2 is 1.71 bits per heavy atom. The highest BCUT2D eigenvalue weighted by Gasteiger charge is 2.11. The molecule has 2 rings (SSSR count). The fraction of sp³-hybridized carbons (Fsp3) is 0.250. The predicted molar refractivity (Wildman–Crippen MR) is 114 cm³/mol. The second-order valence-corrected chi connectivity index (χ2v) is 7.21. The number of rotatable bonds is 6. The molecule has 0 aliphatic heterocycles. The first-order chi connectivity index (χ1) is 13.4. The molecule has 0 saturated heterocycles. The summed E-state index contributed by atoms with van der Waals surface area (Å²) in [6.07, 6.45) is 0.960. The molecule has 0 atom stereocenters. The van der Waals surface area contributed by atoms with Crippen LogP contribution in [0.3, 0.4) is 0 Å². The van der Waals surface area contributed by atoms with Crippen molar-refractivity contribution in [2.45, 2.75) is 20.3 Å². The second kappa shape index (κ2) is 10.6. The van der Waals surface area contributed by atoms with E-state index < -0.39 is 11.8 Å². The molecule has 3 N–H and O–H groups in total. The predicted octanol–water partition coefficient (Wildman–Crippen LogP) is 3.71. The van der Waals surface area contributed by atoms with Crippen LogP contribution in [0, 0.1) is 5.92 Å². The zero-order valence-corrected chi connectivity index (χ0v) is 17.2. The SMILES string of the molecule is CC(C)CCOc1ccc(C(=O)NC(=S)NNC(=O)c2ccccc2Cl)cc1. The molecule has 0 aliphatic rings. The van der Waals surface area contributed by atoms with Gasteiger partial charge in [-0.25, -0.2) is 0 Å². The number of hydrogen-bond acceptors (Lipinski definition) is 4. The Hall–Kier alpha value is -2.64. The van der Waals surface area contributed by atoms with Crippen LogP contribution in [0.1, 0.15) is 41.0 Å². The van der Waals surface area contributed by atoms with Crippen molar-refractivity contribution in [2.75, 3.05) is 6.61 Å². The number of halogens is 1. The lowest BCUT2D eigenvalue weighted by atomic mass is 10.1. The standard InChI is InChI=1S/C20H22ClN3O3S/c1-13(2)11-12-27-15-9-7-14(8-10-15)18(25)22-20(28)24-23-19(26)16-5-3-4-6-17(16)21/h3-10,13H,11-12H2,1-2H3,(H,23,26)(H2,22,24,25,28). The van der Waals surface area contributed by atoms with Crippen LogP contribution in [0.4, 0.5) is 0 Å². The van der Waals surface area contributed by atoms with Crippen LogP contribution in [0.2, 0.25) is 5.02 Å². The Bertz CT molecular complexity index is 841. The topological polar surface area (TPSA) is 79.5 Å². The minimum atomic E-state index is -0.468. The van der Waals surface area contributed by atoms with Gasteiger partial charge in [0.2, 0.25) is 0 Å². The van der Waals surface area contributed by atoms with Crippen LogP contribution in [0.15, 0.2) is 48.5 Å². The maximum atomic E-state index is 12.2. The maximum Gasteiger partial charge on any atom is 0.271 e. The van der Waals surface area contributed by atoms with E-state index in [-0.39, 0.29) is 5.11 Å². The zero-order chi connectivity index (χ0) is 20.5. The van der Waals surface area contributed by atoms with E-state index in [1.165, 1.54) is 0 Å². The number of hydrazine groups is 1. The molecule has 0 aromatic heterocycles. The van der Waals surface area contributed by atoms with Gasteiger partial charge >= 0.3 is 0 Å². The highest BCUT2D eigenvalue weighted by atomic mass is 35.5. The van der Waals surface area contributed by atoms with Gasteiger partial charge < -0.3 is 4.74 Å². The van der Waals surface area contributed by atoms with E-state index >= 15 is 0 Å². The van der Waals surface area contributed by atoms with Gasteiger partial charge in [0.1, 0.15) is 5.75 Å². The average Bonchev–Trinajstić information content (AvgIpc) is 2.66. The normalized spacial score (nSPS) is 10.3. The lowest BCUT2D eigenvalue weighted by Gasteiger charge is -2.12. The van der Waals surface area contributed by atoms with Crippen LogP contribution < -0.4 is 20.9 Å². The van der Waals surface area contributed by atoms with Crippen LogP contribution >= 0.6 is 23.8 Å². The number of amides is 2. The van der Waals surface area contributed by atoms with Crippen LogP contribution in [-0.4, -0.2) is 23.5 Å². The van der Waals surface area contributed by atoms with E-state index in [0.29, 0.717) is 34.4 Å². The first kappa shape index (κ1) is 21.7. The summed E-state index contributed by atoms with van der Waals surface area (Å²) in [5.41, 5.74) is 5.57. The first-order valence-electron chi connectivity index (χ1n) is 8.76. The Labute approximate surface area is 174 Å². The first-order valence-corrected chi connectivity index (χ1v) is 9.54. The van der Waals surface area contributed by atoms with Crippen molar-refractivity contribution < 1.29 is 14.3 Å². The summed E-state index contributed by atoms with van der Waals surface area (Å²) in [5.74, 6) is 0.394. The van der Waals surface area contributed by atoms with Crippen LogP contribution in [0.25, 0.3) is 0 Å². The molecule has 0 fully saturated rings. The average molecular weight is 420 g/mol. The third kappa shape index (κ3) is 6.83. The second-order valence-electron chi connectivity index (χ2n) is 6.40.